The van der Waals surface area contributed by atoms with Crippen LogP contribution in [0.4, 0.5) is 0 Å². The number of aryl methyl sites for hydroxylation is 3. The first kappa shape index (κ1) is 17.7. The van der Waals surface area contributed by atoms with Gasteiger partial charge in [0.25, 0.3) is 5.91 Å². The van der Waals surface area contributed by atoms with Crippen LogP contribution in [0.2, 0.25) is 0 Å². The molecule has 1 amide bonds. The molecule has 25 heavy (non-hydrogen) atoms. The van der Waals surface area contributed by atoms with Crippen molar-refractivity contribution in [2.45, 2.75) is 46.6 Å². The summed E-state index contributed by atoms with van der Waals surface area (Å²) in [5, 5.41) is 14.3. The van der Waals surface area contributed by atoms with Gasteiger partial charge in [0, 0.05) is 18.8 Å². The van der Waals surface area contributed by atoms with Gasteiger partial charge in [0.05, 0.1) is 11.8 Å². The third kappa shape index (κ3) is 3.76. The maximum atomic E-state index is 12.8. The Balaban J connectivity index is 1.79. The number of carbonyl (C=O) groups is 1. The molecule has 2 heterocycles. The summed E-state index contributed by atoms with van der Waals surface area (Å²) < 4.78 is 1.84. The minimum Gasteiger partial charge on any atom is -0.393 e. The highest BCUT2D eigenvalue weighted by molar-refractivity contribution is 5.92. The number of aliphatic hydroxyl groups is 1. The van der Waals surface area contributed by atoms with Crippen LogP contribution in [-0.4, -0.2) is 44.9 Å². The third-order valence-electron chi connectivity index (χ3n) is 5.07. The van der Waals surface area contributed by atoms with Crippen molar-refractivity contribution in [3.63, 3.8) is 0 Å². The topological polar surface area (TPSA) is 58.4 Å². The second-order valence-electron chi connectivity index (χ2n) is 7.30. The molecule has 0 saturated carbocycles. The molecule has 1 aliphatic rings. The smallest absolute Gasteiger partial charge is 0.274 e. The summed E-state index contributed by atoms with van der Waals surface area (Å²) >= 11 is 0. The number of likely N-dealkylation sites (tertiary alicyclic amines) is 1. The fraction of sp³-hybridized carbons (Fsp3) is 0.500. The van der Waals surface area contributed by atoms with Gasteiger partial charge in [0.15, 0.2) is 5.69 Å². The first-order valence-corrected chi connectivity index (χ1v) is 8.98. The highest BCUT2D eigenvalue weighted by Gasteiger charge is 2.27. The van der Waals surface area contributed by atoms with Crippen LogP contribution in [0.25, 0.3) is 5.69 Å². The Kier molecular flexibility index (Phi) is 4.95. The van der Waals surface area contributed by atoms with E-state index < -0.39 is 0 Å². The SMILES string of the molecule is Cc1cc(C)cc(-n2nc(C(=O)N3CCC(C(C)O)CC3)cc2C)c1. The number of aliphatic hydroxyl groups excluding tert-OH is 1. The predicted octanol–water partition coefficient (Wildman–Crippen LogP) is 3.03. The van der Waals surface area contributed by atoms with Crippen molar-refractivity contribution >= 4 is 5.91 Å². The van der Waals surface area contributed by atoms with Gasteiger partial charge >= 0.3 is 0 Å². The van der Waals surface area contributed by atoms with Crippen LogP contribution in [0, 0.1) is 26.7 Å². The zero-order valence-corrected chi connectivity index (χ0v) is 15.5. The van der Waals surface area contributed by atoms with Crippen molar-refractivity contribution in [3.8, 4) is 5.69 Å². The van der Waals surface area contributed by atoms with Gasteiger partial charge in [-0.15, -0.1) is 0 Å². The van der Waals surface area contributed by atoms with Crippen molar-refractivity contribution in [2.24, 2.45) is 5.92 Å². The van der Waals surface area contributed by atoms with Gasteiger partial charge in [-0.25, -0.2) is 4.68 Å². The number of rotatable bonds is 3. The van der Waals surface area contributed by atoms with Gasteiger partial charge in [0.2, 0.25) is 0 Å². The molecule has 1 aliphatic heterocycles. The number of benzene rings is 1. The number of hydrogen-bond acceptors (Lipinski definition) is 3. The molecule has 0 aliphatic carbocycles. The summed E-state index contributed by atoms with van der Waals surface area (Å²) in [6.07, 6.45) is 1.39. The molecule has 1 aromatic carbocycles. The number of hydrogen-bond donors (Lipinski definition) is 1. The summed E-state index contributed by atoms with van der Waals surface area (Å²) in [6.45, 7) is 9.30. The Bertz CT molecular complexity index is 751. The minimum atomic E-state index is -0.303. The lowest BCUT2D eigenvalue weighted by Crippen LogP contribution is -2.40. The molecular weight excluding hydrogens is 314 g/mol. The van der Waals surface area contributed by atoms with Gasteiger partial charge in [-0.3, -0.25) is 4.79 Å². The number of piperidine rings is 1. The van der Waals surface area contributed by atoms with Crippen LogP contribution in [0.1, 0.15) is 47.1 Å². The van der Waals surface area contributed by atoms with Crippen molar-refractivity contribution in [1.82, 2.24) is 14.7 Å². The van der Waals surface area contributed by atoms with Crippen LogP contribution in [0.5, 0.6) is 0 Å². The van der Waals surface area contributed by atoms with Crippen molar-refractivity contribution in [3.05, 3.63) is 46.8 Å². The summed E-state index contributed by atoms with van der Waals surface area (Å²) in [5.74, 6) is 0.272. The molecule has 1 N–H and O–H groups in total. The molecule has 3 rings (SSSR count). The molecule has 134 valence electrons. The predicted molar refractivity (Wildman–Crippen MR) is 98.1 cm³/mol. The molecule has 5 nitrogen and oxygen atoms in total. The average Bonchev–Trinajstić information content (AvgIpc) is 2.95. The van der Waals surface area contributed by atoms with Gasteiger partial charge < -0.3 is 10.0 Å². The van der Waals surface area contributed by atoms with Crippen molar-refractivity contribution in [2.75, 3.05) is 13.1 Å². The van der Waals surface area contributed by atoms with Crippen LogP contribution in [0.15, 0.2) is 24.3 Å². The summed E-state index contributed by atoms with van der Waals surface area (Å²) in [7, 11) is 0. The molecule has 1 fully saturated rings. The number of amides is 1. The summed E-state index contributed by atoms with van der Waals surface area (Å²) in [6, 6.07) is 8.15. The van der Waals surface area contributed by atoms with E-state index in [1.165, 1.54) is 11.1 Å². The second kappa shape index (κ2) is 7.00. The molecule has 1 unspecified atom stereocenters. The zero-order chi connectivity index (χ0) is 18.1. The zero-order valence-electron chi connectivity index (χ0n) is 15.5. The van der Waals surface area contributed by atoms with E-state index in [-0.39, 0.29) is 12.0 Å². The molecule has 1 saturated heterocycles. The Hall–Kier alpha value is -2.14. The van der Waals surface area contributed by atoms with Crippen LogP contribution in [-0.2, 0) is 0 Å². The highest BCUT2D eigenvalue weighted by atomic mass is 16.3. The maximum Gasteiger partial charge on any atom is 0.274 e. The summed E-state index contributed by atoms with van der Waals surface area (Å²) in [5.41, 5.74) is 4.79. The fourth-order valence-corrected chi connectivity index (χ4v) is 3.66. The largest absolute Gasteiger partial charge is 0.393 e. The molecule has 2 aromatic rings. The number of aromatic nitrogens is 2. The average molecular weight is 341 g/mol. The fourth-order valence-electron chi connectivity index (χ4n) is 3.66. The van der Waals surface area contributed by atoms with E-state index in [9.17, 15) is 9.90 Å². The van der Waals surface area contributed by atoms with E-state index in [1.54, 1.807) is 0 Å². The molecular formula is C20H27N3O2. The number of nitrogens with zero attached hydrogens (tertiary/aromatic N) is 3. The van der Waals surface area contributed by atoms with Gasteiger partial charge in [-0.1, -0.05) is 6.07 Å². The van der Waals surface area contributed by atoms with E-state index >= 15 is 0 Å². The van der Waals surface area contributed by atoms with E-state index in [0.29, 0.717) is 24.7 Å². The van der Waals surface area contributed by atoms with E-state index in [4.69, 9.17) is 0 Å². The van der Waals surface area contributed by atoms with Gasteiger partial charge in [0.1, 0.15) is 0 Å². The Morgan fingerprint density at radius 3 is 2.28 bits per heavy atom. The minimum absolute atomic E-state index is 0.0183. The Morgan fingerprint density at radius 1 is 1.12 bits per heavy atom. The maximum absolute atomic E-state index is 12.8. The molecule has 0 bridgehead atoms. The summed E-state index contributed by atoms with van der Waals surface area (Å²) in [4.78, 5) is 14.6. The lowest BCUT2D eigenvalue weighted by molar-refractivity contribution is 0.0516. The lowest BCUT2D eigenvalue weighted by Gasteiger charge is -2.32. The van der Waals surface area contributed by atoms with Gasteiger partial charge in [-0.2, -0.15) is 5.10 Å². The van der Waals surface area contributed by atoms with Crippen molar-refractivity contribution in [1.29, 1.82) is 0 Å². The first-order valence-electron chi connectivity index (χ1n) is 8.98. The standard InChI is InChI=1S/C20H27N3O2/c1-13-9-14(2)11-18(10-13)23-15(3)12-19(21-23)20(25)22-7-5-17(6-8-22)16(4)24/h9-12,16-17,24H,5-8H2,1-4H3. The third-order valence-corrected chi connectivity index (χ3v) is 5.07. The molecule has 0 radical (unpaired) electrons. The van der Waals surface area contributed by atoms with Crippen LogP contribution < -0.4 is 0 Å². The highest BCUT2D eigenvalue weighted by Crippen LogP contribution is 2.22. The van der Waals surface area contributed by atoms with Gasteiger partial charge in [-0.05, 0) is 75.8 Å². The van der Waals surface area contributed by atoms with Crippen LogP contribution in [0.3, 0.4) is 0 Å². The lowest BCUT2D eigenvalue weighted by atomic mass is 9.92. The quantitative estimate of drug-likeness (QED) is 0.933. The van der Waals surface area contributed by atoms with Crippen molar-refractivity contribution < 1.29 is 9.90 Å². The monoisotopic (exact) mass is 341 g/mol. The Labute approximate surface area is 149 Å². The molecule has 1 atom stereocenters. The second-order valence-corrected chi connectivity index (χ2v) is 7.30. The molecule has 0 spiro atoms. The number of carbonyl (C=O) groups excluding carboxylic acids is 1. The van der Waals surface area contributed by atoms with E-state index in [1.807, 2.05) is 29.5 Å². The Morgan fingerprint density at radius 2 is 1.72 bits per heavy atom. The molecule has 5 heteroatoms. The normalized spacial score (nSPS) is 16.9. The molecule has 1 aromatic heterocycles. The van der Waals surface area contributed by atoms with Crippen LogP contribution >= 0.6 is 0 Å². The van der Waals surface area contributed by atoms with E-state index in [0.717, 1.165) is 24.2 Å². The first-order chi connectivity index (χ1) is 11.8. The van der Waals surface area contributed by atoms with E-state index in [2.05, 4.69) is 37.1 Å².